The highest BCUT2D eigenvalue weighted by Gasteiger charge is 2.35. The lowest BCUT2D eigenvalue weighted by atomic mass is 9.94. The van der Waals surface area contributed by atoms with Crippen molar-refractivity contribution in [3.05, 3.63) is 109 Å². The summed E-state index contributed by atoms with van der Waals surface area (Å²) in [7, 11) is 1.60. The second kappa shape index (κ2) is 11.1. The number of methoxy groups -OCH3 is 1. The van der Waals surface area contributed by atoms with E-state index in [0.717, 1.165) is 27.7 Å². The standard InChI is InChI=1S/C32H34N4O3S/c1-7-18-35-21(5)24(22-14-10-12-16-25(22)35)19-27-30(37)36-29(23-15-11-13-17-26(23)39-6)28(20(4)33-32(36)40-27)31(38)34(8-2)9-3/h7,10-17,19,29H,1,8-9,18H2,2-6H3/b27-19+/t29-/m1/s1. The molecule has 0 N–H and O–H groups in total. The van der Waals surface area contributed by atoms with Gasteiger partial charge in [0.15, 0.2) is 4.80 Å². The number of hydrogen-bond donors (Lipinski definition) is 0. The van der Waals surface area contributed by atoms with Crippen LogP contribution < -0.4 is 19.6 Å². The van der Waals surface area contributed by atoms with Crippen LogP contribution >= 0.6 is 11.3 Å². The van der Waals surface area contributed by atoms with E-state index >= 15 is 0 Å². The maximum absolute atomic E-state index is 14.2. The molecule has 2 aromatic heterocycles. The molecule has 0 radical (unpaired) electrons. The van der Waals surface area contributed by atoms with Crippen LogP contribution in [0.25, 0.3) is 17.0 Å². The molecule has 1 amide bonds. The number of likely N-dealkylation sites (N-methyl/N-ethyl adjacent to an activating group) is 1. The Hall–Kier alpha value is -4.17. The van der Waals surface area contributed by atoms with Crippen LogP contribution in [-0.4, -0.2) is 40.1 Å². The maximum Gasteiger partial charge on any atom is 0.271 e. The number of carbonyl (C=O) groups excluding carboxylic acids is 1. The summed E-state index contributed by atoms with van der Waals surface area (Å²) < 4.78 is 10.1. The molecule has 3 heterocycles. The van der Waals surface area contributed by atoms with Crippen LogP contribution in [0.4, 0.5) is 0 Å². The van der Waals surface area contributed by atoms with Crippen molar-refractivity contribution < 1.29 is 9.53 Å². The summed E-state index contributed by atoms with van der Waals surface area (Å²) in [6.45, 7) is 13.5. The Morgan fingerprint density at radius 2 is 1.82 bits per heavy atom. The fraction of sp³-hybridized carbons (Fsp3) is 0.281. The zero-order chi connectivity index (χ0) is 28.6. The topological polar surface area (TPSA) is 68.8 Å². The molecule has 0 saturated heterocycles. The Morgan fingerprint density at radius 3 is 2.52 bits per heavy atom. The molecule has 1 atom stereocenters. The number of para-hydroxylation sites is 2. The zero-order valence-electron chi connectivity index (χ0n) is 23.6. The summed E-state index contributed by atoms with van der Waals surface area (Å²) >= 11 is 1.34. The van der Waals surface area contributed by atoms with E-state index in [1.54, 1.807) is 16.6 Å². The average molecular weight is 555 g/mol. The van der Waals surface area contributed by atoms with Crippen molar-refractivity contribution in [2.75, 3.05) is 20.2 Å². The third kappa shape index (κ3) is 4.42. The number of hydrogen-bond acceptors (Lipinski definition) is 5. The summed E-state index contributed by atoms with van der Waals surface area (Å²) in [5.41, 5.74) is 4.81. The van der Waals surface area contributed by atoms with E-state index in [1.807, 2.05) is 69.3 Å². The van der Waals surface area contributed by atoms with E-state index in [1.165, 1.54) is 11.3 Å². The molecule has 0 unspecified atom stereocenters. The summed E-state index contributed by atoms with van der Waals surface area (Å²) in [6, 6.07) is 15.1. The number of ether oxygens (including phenoxy) is 1. The Morgan fingerprint density at radius 1 is 1.12 bits per heavy atom. The van der Waals surface area contributed by atoms with Gasteiger partial charge in [-0.05, 0) is 45.9 Å². The van der Waals surface area contributed by atoms with E-state index in [2.05, 4.69) is 30.2 Å². The monoisotopic (exact) mass is 554 g/mol. The third-order valence-electron chi connectivity index (χ3n) is 7.60. The van der Waals surface area contributed by atoms with Crippen LogP contribution in [0, 0.1) is 6.92 Å². The number of fused-ring (bicyclic) bond motifs is 2. The van der Waals surface area contributed by atoms with E-state index < -0.39 is 6.04 Å². The molecule has 1 aliphatic heterocycles. The number of carbonyl (C=O) groups is 1. The normalized spacial score (nSPS) is 15.2. The van der Waals surface area contributed by atoms with Crippen molar-refractivity contribution in [2.24, 2.45) is 4.99 Å². The number of allylic oxidation sites excluding steroid dienone is 2. The molecule has 0 spiro atoms. The van der Waals surface area contributed by atoms with Gasteiger partial charge >= 0.3 is 0 Å². The second-order valence-corrected chi connectivity index (χ2v) is 10.7. The lowest BCUT2D eigenvalue weighted by Crippen LogP contribution is -2.43. The van der Waals surface area contributed by atoms with Crippen LogP contribution in [-0.2, 0) is 11.3 Å². The Balaban J connectivity index is 1.79. The molecule has 0 saturated carbocycles. The Bertz CT molecular complexity index is 1840. The quantitative estimate of drug-likeness (QED) is 0.300. The number of amides is 1. The Labute approximate surface area is 237 Å². The van der Waals surface area contributed by atoms with Gasteiger partial charge < -0.3 is 14.2 Å². The lowest BCUT2D eigenvalue weighted by molar-refractivity contribution is -0.127. The van der Waals surface area contributed by atoms with Crippen molar-refractivity contribution in [3.63, 3.8) is 0 Å². The van der Waals surface area contributed by atoms with Gasteiger partial charge in [0, 0.05) is 47.4 Å². The largest absolute Gasteiger partial charge is 0.496 e. The zero-order valence-corrected chi connectivity index (χ0v) is 24.4. The Kier molecular flexibility index (Phi) is 7.63. The lowest BCUT2D eigenvalue weighted by Gasteiger charge is -2.29. The molecule has 4 aromatic rings. The molecule has 5 rings (SSSR count). The second-order valence-electron chi connectivity index (χ2n) is 9.72. The number of aromatic nitrogens is 2. The van der Waals surface area contributed by atoms with E-state index in [0.29, 0.717) is 46.0 Å². The highest BCUT2D eigenvalue weighted by molar-refractivity contribution is 7.07. The van der Waals surface area contributed by atoms with Gasteiger partial charge in [-0.2, -0.15) is 0 Å². The molecule has 0 bridgehead atoms. The minimum atomic E-state index is -0.661. The first kappa shape index (κ1) is 27.4. The number of thiazole rings is 1. The summed E-state index contributed by atoms with van der Waals surface area (Å²) in [5, 5.41) is 1.07. The molecule has 0 fully saturated rings. The summed E-state index contributed by atoms with van der Waals surface area (Å²) in [4.78, 5) is 35.2. The van der Waals surface area contributed by atoms with Gasteiger partial charge in [0.25, 0.3) is 11.5 Å². The average Bonchev–Trinajstić information content (AvgIpc) is 3.41. The van der Waals surface area contributed by atoms with Crippen molar-refractivity contribution in [2.45, 2.75) is 40.3 Å². The van der Waals surface area contributed by atoms with E-state index in [-0.39, 0.29) is 11.5 Å². The molecular weight excluding hydrogens is 520 g/mol. The molecule has 40 heavy (non-hydrogen) atoms. The number of rotatable bonds is 8. The van der Waals surface area contributed by atoms with E-state index in [4.69, 9.17) is 9.73 Å². The highest BCUT2D eigenvalue weighted by atomic mass is 32.1. The molecule has 2 aromatic carbocycles. The SMILES string of the molecule is C=CCn1c(C)c(/C=c2/sc3n(c2=O)[C@H](c2ccccc2OC)C(C(=O)N(CC)CC)=C(C)N=3)c2ccccc21. The van der Waals surface area contributed by atoms with Crippen LogP contribution in [0.5, 0.6) is 5.75 Å². The van der Waals surface area contributed by atoms with Crippen LogP contribution in [0.3, 0.4) is 0 Å². The van der Waals surface area contributed by atoms with Gasteiger partial charge in [0.2, 0.25) is 0 Å². The van der Waals surface area contributed by atoms with Crippen molar-refractivity contribution >= 4 is 34.2 Å². The smallest absolute Gasteiger partial charge is 0.271 e. The number of benzene rings is 2. The van der Waals surface area contributed by atoms with Crippen molar-refractivity contribution in [1.29, 1.82) is 0 Å². The third-order valence-corrected chi connectivity index (χ3v) is 8.59. The predicted molar refractivity (Wildman–Crippen MR) is 162 cm³/mol. The van der Waals surface area contributed by atoms with Gasteiger partial charge in [0.1, 0.15) is 11.8 Å². The fourth-order valence-corrected chi connectivity index (χ4v) is 6.63. The summed E-state index contributed by atoms with van der Waals surface area (Å²) in [6.07, 6.45) is 3.84. The van der Waals surface area contributed by atoms with Crippen molar-refractivity contribution in [1.82, 2.24) is 14.0 Å². The number of nitrogens with zero attached hydrogens (tertiary/aromatic N) is 4. The molecule has 1 aliphatic rings. The molecule has 7 nitrogen and oxygen atoms in total. The van der Waals surface area contributed by atoms with Gasteiger partial charge in [-0.15, -0.1) is 6.58 Å². The minimum Gasteiger partial charge on any atom is -0.496 e. The van der Waals surface area contributed by atoms with Gasteiger partial charge in [-0.25, -0.2) is 4.99 Å². The predicted octanol–water partition coefficient (Wildman–Crippen LogP) is 4.56. The first-order valence-corrected chi connectivity index (χ1v) is 14.3. The molecule has 0 aliphatic carbocycles. The van der Waals surface area contributed by atoms with Gasteiger partial charge in [0.05, 0.1) is 22.9 Å². The highest BCUT2D eigenvalue weighted by Crippen LogP contribution is 2.36. The van der Waals surface area contributed by atoms with Crippen LogP contribution in [0.2, 0.25) is 0 Å². The van der Waals surface area contributed by atoms with Crippen LogP contribution in [0.15, 0.2) is 82.2 Å². The molecular formula is C32H34N4O3S. The minimum absolute atomic E-state index is 0.125. The van der Waals surface area contributed by atoms with Crippen molar-refractivity contribution in [3.8, 4) is 5.75 Å². The molecule has 206 valence electrons. The van der Waals surface area contributed by atoms with Gasteiger partial charge in [-0.3, -0.25) is 14.2 Å². The maximum atomic E-state index is 14.2. The fourth-order valence-electron chi connectivity index (χ4n) is 5.60. The first-order valence-electron chi connectivity index (χ1n) is 13.5. The van der Waals surface area contributed by atoms with Gasteiger partial charge in [-0.1, -0.05) is 53.8 Å². The van der Waals surface area contributed by atoms with Crippen LogP contribution in [0.1, 0.15) is 43.6 Å². The molecule has 8 heteroatoms. The first-order chi connectivity index (χ1) is 19.4. The van der Waals surface area contributed by atoms with E-state index in [9.17, 15) is 9.59 Å². The summed E-state index contributed by atoms with van der Waals surface area (Å²) in [5.74, 6) is 0.491.